The number of allylic oxidation sites excluding steroid dienone is 1. The van der Waals surface area contributed by atoms with E-state index in [1.807, 2.05) is 12.1 Å². The number of aliphatic hydroxyl groups is 1. The van der Waals surface area contributed by atoms with Crippen LogP contribution in [0.3, 0.4) is 0 Å². The second kappa shape index (κ2) is 10.6. The second-order valence-electron chi connectivity index (χ2n) is 9.05. The number of carbonyl (C=O) groups excluding carboxylic acids is 1. The lowest BCUT2D eigenvalue weighted by atomic mass is 9.63. The van der Waals surface area contributed by atoms with Crippen molar-refractivity contribution in [3.63, 3.8) is 0 Å². The van der Waals surface area contributed by atoms with E-state index in [0.29, 0.717) is 23.1 Å². The molecule has 164 valence electrons. The lowest BCUT2D eigenvalue weighted by Gasteiger charge is -2.45. The van der Waals surface area contributed by atoms with Crippen LogP contribution in [0.25, 0.3) is 0 Å². The lowest BCUT2D eigenvalue weighted by molar-refractivity contribution is -0.0355. The van der Waals surface area contributed by atoms with E-state index in [1.54, 1.807) is 0 Å². The van der Waals surface area contributed by atoms with Gasteiger partial charge in [0.25, 0.3) is 0 Å². The van der Waals surface area contributed by atoms with Crippen LogP contribution in [0.15, 0.2) is 24.3 Å². The molecule has 2 fully saturated rings. The van der Waals surface area contributed by atoms with Gasteiger partial charge in [0.1, 0.15) is 4.88 Å². The van der Waals surface area contributed by atoms with Gasteiger partial charge in [-0.15, -0.1) is 11.3 Å². The SMILES string of the molecule is CCC1([C@H](O)C/C=C/C2[C@@H](CCCc3ccc(C(=O)OC)s3)CC[C@H]2C#N)CCC1. The van der Waals surface area contributed by atoms with E-state index in [9.17, 15) is 15.2 Å². The Kier molecular flexibility index (Phi) is 8.13. The normalized spacial score (nSPS) is 26.3. The monoisotopic (exact) mass is 429 g/mol. The minimum Gasteiger partial charge on any atom is -0.465 e. The highest BCUT2D eigenvalue weighted by atomic mass is 32.1. The molecule has 30 heavy (non-hydrogen) atoms. The summed E-state index contributed by atoms with van der Waals surface area (Å²) in [5.41, 5.74) is 0.137. The Morgan fingerprint density at radius 3 is 2.87 bits per heavy atom. The Bertz CT molecular complexity index is 768. The molecule has 0 aromatic carbocycles. The molecule has 0 aliphatic heterocycles. The molecular formula is C25H35NO3S. The van der Waals surface area contributed by atoms with Crippen molar-refractivity contribution in [1.29, 1.82) is 5.26 Å². The molecule has 1 aromatic rings. The van der Waals surface area contributed by atoms with E-state index in [2.05, 4.69) is 25.1 Å². The Morgan fingerprint density at radius 1 is 1.43 bits per heavy atom. The molecule has 3 rings (SSSR count). The molecule has 2 aliphatic rings. The fourth-order valence-electron chi connectivity index (χ4n) is 5.31. The van der Waals surface area contributed by atoms with Gasteiger partial charge < -0.3 is 9.84 Å². The number of nitriles is 1. The third-order valence-electron chi connectivity index (χ3n) is 7.55. The summed E-state index contributed by atoms with van der Waals surface area (Å²) in [5.74, 6) is 0.667. The second-order valence-corrected chi connectivity index (χ2v) is 10.2. The average molecular weight is 430 g/mol. The average Bonchev–Trinajstić information content (AvgIpc) is 3.34. The number of carbonyl (C=O) groups is 1. The fraction of sp³-hybridized carbons (Fsp3) is 0.680. The third-order valence-corrected chi connectivity index (χ3v) is 8.67. The number of aliphatic hydroxyl groups excluding tert-OH is 1. The Morgan fingerprint density at radius 2 is 2.23 bits per heavy atom. The van der Waals surface area contributed by atoms with Crippen molar-refractivity contribution in [2.45, 2.75) is 77.2 Å². The van der Waals surface area contributed by atoms with Crippen molar-refractivity contribution >= 4 is 17.3 Å². The predicted octanol–water partition coefficient (Wildman–Crippen LogP) is 5.91. The number of hydrogen-bond acceptors (Lipinski definition) is 5. The van der Waals surface area contributed by atoms with E-state index < -0.39 is 0 Å². The number of rotatable bonds is 10. The maximum absolute atomic E-state index is 11.6. The van der Waals surface area contributed by atoms with Gasteiger partial charge in [-0.25, -0.2) is 4.79 Å². The van der Waals surface area contributed by atoms with Gasteiger partial charge in [0.05, 0.1) is 25.2 Å². The summed E-state index contributed by atoms with van der Waals surface area (Å²) in [7, 11) is 1.41. The zero-order chi connectivity index (χ0) is 21.6. The summed E-state index contributed by atoms with van der Waals surface area (Å²) >= 11 is 1.51. The standard InChI is InChI=1S/C25H35NO3S/c1-3-25(15-6-16-25)23(27)10-5-9-21-18(11-12-19(21)17-26)7-4-8-20-13-14-22(30-20)24(28)29-2/h5,9,13-14,18-19,21,23,27H,3-4,6-8,10-12,15-16H2,1-2H3/b9-5+/t18-,19-,21?,23+/m0/s1. The molecule has 1 N–H and O–H groups in total. The van der Waals surface area contributed by atoms with Crippen LogP contribution in [0.1, 0.15) is 79.3 Å². The summed E-state index contributed by atoms with van der Waals surface area (Å²) in [5, 5.41) is 20.2. The van der Waals surface area contributed by atoms with Crippen molar-refractivity contribution in [1.82, 2.24) is 0 Å². The first-order chi connectivity index (χ1) is 14.5. The summed E-state index contributed by atoms with van der Waals surface area (Å²) in [4.78, 5) is 13.5. The van der Waals surface area contributed by atoms with Gasteiger partial charge in [0, 0.05) is 4.88 Å². The highest BCUT2D eigenvalue weighted by Crippen LogP contribution is 2.48. The Labute approximate surface area is 184 Å². The van der Waals surface area contributed by atoms with Gasteiger partial charge in [-0.1, -0.05) is 25.5 Å². The van der Waals surface area contributed by atoms with Crippen molar-refractivity contribution in [2.24, 2.45) is 23.2 Å². The highest BCUT2D eigenvalue weighted by Gasteiger charge is 2.41. The number of aryl methyl sites for hydroxylation is 1. The van der Waals surface area contributed by atoms with E-state index in [0.717, 1.165) is 51.4 Å². The van der Waals surface area contributed by atoms with Crippen molar-refractivity contribution in [3.8, 4) is 6.07 Å². The number of thiophene rings is 1. The molecule has 1 heterocycles. The molecule has 0 bridgehead atoms. The fourth-order valence-corrected chi connectivity index (χ4v) is 6.28. The lowest BCUT2D eigenvalue weighted by Crippen LogP contribution is -2.40. The van der Waals surface area contributed by atoms with E-state index in [1.165, 1.54) is 29.7 Å². The summed E-state index contributed by atoms with van der Waals surface area (Å²) in [6.07, 6.45) is 14.6. The topological polar surface area (TPSA) is 70.3 Å². The first-order valence-corrected chi connectivity index (χ1v) is 12.3. The van der Waals surface area contributed by atoms with Crippen molar-refractivity contribution < 1.29 is 14.6 Å². The minimum absolute atomic E-state index is 0.0971. The molecule has 0 radical (unpaired) electrons. The molecule has 4 atom stereocenters. The van der Waals surface area contributed by atoms with Gasteiger partial charge in [-0.3, -0.25) is 0 Å². The zero-order valence-corrected chi connectivity index (χ0v) is 19.1. The number of hydrogen-bond donors (Lipinski definition) is 1. The van der Waals surface area contributed by atoms with Crippen LogP contribution in [-0.2, 0) is 11.2 Å². The highest BCUT2D eigenvalue weighted by molar-refractivity contribution is 7.13. The molecule has 5 heteroatoms. The summed E-state index contributed by atoms with van der Waals surface area (Å²) in [6, 6.07) is 6.38. The van der Waals surface area contributed by atoms with Crippen LogP contribution < -0.4 is 0 Å². The summed E-state index contributed by atoms with van der Waals surface area (Å²) in [6.45, 7) is 2.19. The van der Waals surface area contributed by atoms with Crippen LogP contribution in [0.2, 0.25) is 0 Å². The van der Waals surface area contributed by atoms with E-state index in [-0.39, 0.29) is 23.4 Å². The van der Waals surface area contributed by atoms with Gasteiger partial charge in [-0.2, -0.15) is 5.26 Å². The summed E-state index contributed by atoms with van der Waals surface area (Å²) < 4.78 is 4.78. The first-order valence-electron chi connectivity index (χ1n) is 11.4. The number of methoxy groups -OCH3 is 1. The largest absolute Gasteiger partial charge is 0.465 e. The molecule has 4 nitrogen and oxygen atoms in total. The quantitative estimate of drug-likeness (QED) is 0.371. The van der Waals surface area contributed by atoms with Crippen LogP contribution in [0, 0.1) is 34.5 Å². The number of esters is 1. The Hall–Kier alpha value is -1.64. The van der Waals surface area contributed by atoms with Gasteiger partial charge in [0.15, 0.2) is 0 Å². The molecular weight excluding hydrogens is 394 g/mol. The molecule has 2 aliphatic carbocycles. The van der Waals surface area contributed by atoms with E-state index in [4.69, 9.17) is 4.74 Å². The van der Waals surface area contributed by atoms with Crippen LogP contribution in [0.5, 0.6) is 0 Å². The van der Waals surface area contributed by atoms with Crippen LogP contribution in [-0.4, -0.2) is 24.3 Å². The molecule has 0 saturated heterocycles. The smallest absolute Gasteiger partial charge is 0.348 e. The van der Waals surface area contributed by atoms with Crippen LogP contribution >= 0.6 is 11.3 Å². The van der Waals surface area contributed by atoms with Gasteiger partial charge >= 0.3 is 5.97 Å². The Balaban J connectivity index is 1.50. The predicted molar refractivity (Wildman–Crippen MR) is 120 cm³/mol. The molecule has 2 saturated carbocycles. The van der Waals surface area contributed by atoms with Gasteiger partial charge in [0.2, 0.25) is 0 Å². The maximum Gasteiger partial charge on any atom is 0.348 e. The zero-order valence-electron chi connectivity index (χ0n) is 18.3. The molecule has 0 spiro atoms. The first kappa shape index (κ1) is 23.0. The molecule has 0 amide bonds. The van der Waals surface area contributed by atoms with Gasteiger partial charge in [-0.05, 0) is 87.2 Å². The van der Waals surface area contributed by atoms with Crippen molar-refractivity contribution in [3.05, 3.63) is 34.0 Å². The number of nitrogens with zero attached hydrogens (tertiary/aromatic N) is 1. The molecule has 1 aromatic heterocycles. The molecule has 1 unspecified atom stereocenters. The van der Waals surface area contributed by atoms with E-state index >= 15 is 0 Å². The van der Waals surface area contributed by atoms with Crippen LogP contribution in [0.4, 0.5) is 0 Å². The maximum atomic E-state index is 11.6. The minimum atomic E-state index is -0.266. The third kappa shape index (κ3) is 5.15. The number of ether oxygens (including phenoxy) is 1. The van der Waals surface area contributed by atoms with Crippen molar-refractivity contribution in [2.75, 3.05) is 7.11 Å².